The first-order valence-electron chi connectivity index (χ1n) is 41.8. The Hall–Kier alpha value is -4.80. The van der Waals surface area contributed by atoms with E-state index >= 15 is 0 Å². The number of thioether (sulfide) groups is 2. The molecule has 11 rings (SSSR count). The van der Waals surface area contributed by atoms with E-state index in [1.54, 1.807) is 15.0 Å². The maximum absolute atomic E-state index is 2.71. The molecule has 0 radical (unpaired) electrons. The van der Waals surface area contributed by atoms with Crippen molar-refractivity contribution >= 4 is 51.5 Å². The van der Waals surface area contributed by atoms with E-state index in [2.05, 4.69) is 203 Å². The molecule has 2 heterocycles. The summed E-state index contributed by atoms with van der Waals surface area (Å²) in [4.78, 5) is 3.03. The van der Waals surface area contributed by atoms with Crippen LogP contribution in [-0.4, -0.2) is 10.2 Å². The third kappa shape index (κ3) is 19.5. The van der Waals surface area contributed by atoms with Gasteiger partial charge >= 0.3 is 0 Å². The molecule has 5 aromatic carbocycles. The van der Waals surface area contributed by atoms with E-state index in [1.807, 2.05) is 0 Å². The lowest BCUT2D eigenvalue weighted by Crippen LogP contribution is -2.27. The highest BCUT2D eigenvalue weighted by molar-refractivity contribution is 8.08. The Morgan fingerprint density at radius 2 is 0.717 bits per heavy atom. The van der Waals surface area contributed by atoms with Crippen molar-refractivity contribution in [2.45, 2.75) is 327 Å². The van der Waals surface area contributed by atoms with Crippen LogP contribution < -0.4 is 10.4 Å². The summed E-state index contributed by atoms with van der Waals surface area (Å²) in [6.07, 6.45) is 79.5. The van der Waals surface area contributed by atoms with Gasteiger partial charge in [-0.2, -0.15) is 0 Å². The van der Waals surface area contributed by atoms with Gasteiger partial charge in [0.05, 0.1) is 15.6 Å². The zero-order valence-electron chi connectivity index (χ0n) is 63.1. The van der Waals surface area contributed by atoms with Gasteiger partial charge in [-0.05, 0) is 169 Å². The molecule has 0 saturated carbocycles. The number of allylic oxidation sites excluding steroid dienone is 9. The molecule has 0 fully saturated rings. The van der Waals surface area contributed by atoms with Crippen LogP contribution in [0.15, 0.2) is 171 Å². The summed E-state index contributed by atoms with van der Waals surface area (Å²) >= 11 is 4.24. The first kappa shape index (κ1) is 75.4. The zero-order valence-corrected chi connectivity index (χ0v) is 66.7. The molecule has 1 atom stereocenters. The minimum atomic E-state index is -0.333. The maximum Gasteiger partial charge on any atom is 0.0888 e. The fourth-order valence-electron chi connectivity index (χ4n) is 17.7. The zero-order chi connectivity index (χ0) is 68.4. The molecule has 0 saturated heterocycles. The van der Waals surface area contributed by atoms with E-state index < -0.39 is 0 Å². The van der Waals surface area contributed by atoms with Crippen LogP contribution in [0.1, 0.15) is 340 Å². The molecule has 0 nitrogen and oxygen atoms in total. The molecule has 6 aliphatic rings. The van der Waals surface area contributed by atoms with Crippen LogP contribution in [0.4, 0.5) is 0 Å². The highest BCUT2D eigenvalue weighted by atomic mass is 32.2. The van der Waals surface area contributed by atoms with Crippen LogP contribution >= 0.6 is 23.5 Å². The Balaban J connectivity index is 0.830. The van der Waals surface area contributed by atoms with Crippen molar-refractivity contribution in [3.8, 4) is 0 Å². The van der Waals surface area contributed by atoms with Crippen LogP contribution in [0.2, 0.25) is 0 Å². The van der Waals surface area contributed by atoms with Crippen LogP contribution in [0, 0.1) is 5.41 Å². The molecule has 0 N–H and O–H groups in total. The van der Waals surface area contributed by atoms with Gasteiger partial charge in [0.1, 0.15) is 0 Å². The van der Waals surface area contributed by atoms with Gasteiger partial charge in [-0.25, -0.2) is 0 Å². The van der Waals surface area contributed by atoms with Gasteiger partial charge in [-0.1, -0.05) is 392 Å². The number of hydrogen-bond acceptors (Lipinski definition) is 2. The van der Waals surface area contributed by atoms with Gasteiger partial charge < -0.3 is 0 Å². The summed E-state index contributed by atoms with van der Waals surface area (Å²) in [7, 11) is 1.05. The predicted octanol–water partition coefficient (Wildman–Crippen LogP) is 26.7. The molecule has 5 aromatic rings. The topological polar surface area (TPSA) is 0 Å². The van der Waals surface area contributed by atoms with Crippen LogP contribution in [0.25, 0.3) is 17.7 Å². The van der Waals surface area contributed by atoms with E-state index in [9.17, 15) is 0 Å². The Labute approximate surface area is 616 Å². The molecule has 0 aromatic heterocycles. The summed E-state index contributed by atoms with van der Waals surface area (Å²) in [5.41, 5.74) is 19.9. The van der Waals surface area contributed by atoms with Gasteiger partial charge in [0.2, 0.25) is 0 Å². The molecular formula is C96H130S2Si. The Kier molecular flexibility index (Phi) is 29.8. The standard InChI is InChI=1S/C96H130S2Si/c1-5-9-13-17-21-25-29-33-37-41-45-75-49-57-82(58-50-75)94(83-59-51-76(52-60-83)46-42-38-34-30-26-22-18-14-10-6-2)72-80-67-79-68-89-88(87(79)69-81(80)73-94)70-86-71-91-90(95(86)74-92(99)97-93(89)95)65-66-96(98-91,84-61-53-77(54-62-84)47-43-39-35-31-27-23-19-15-11-7-3)85-63-55-78(56-64-85)48-44-40-36-32-28-24-20-16-12-8-4/h49-67,69-74H,5-48,68H2,1-4,99H3. The Morgan fingerprint density at radius 3 is 1.09 bits per heavy atom. The van der Waals surface area contributed by atoms with Crippen LogP contribution in [0.3, 0.4) is 0 Å². The lowest BCUT2D eigenvalue weighted by molar-refractivity contribution is 0.556. The lowest BCUT2D eigenvalue weighted by atomic mass is 9.70. The van der Waals surface area contributed by atoms with E-state index in [4.69, 9.17) is 0 Å². The predicted molar refractivity (Wildman–Crippen MR) is 443 cm³/mol. The average molecular weight is 1380 g/mol. The minimum absolute atomic E-state index is 0.207. The quantitative estimate of drug-likeness (QED) is 0.0281. The van der Waals surface area contributed by atoms with Gasteiger partial charge in [0.25, 0.3) is 0 Å². The number of fused-ring (bicyclic) bond motifs is 4. The van der Waals surface area contributed by atoms with Crippen LogP contribution in [0.5, 0.6) is 0 Å². The monoisotopic (exact) mass is 1370 g/mol. The van der Waals surface area contributed by atoms with Gasteiger partial charge in [-0.15, -0.1) is 23.5 Å². The molecule has 1 spiro atoms. The third-order valence-corrected chi connectivity index (χ3v) is 27.4. The van der Waals surface area contributed by atoms with Gasteiger partial charge in [-0.3, -0.25) is 0 Å². The summed E-state index contributed by atoms with van der Waals surface area (Å²) < 4.78 is 1.24. The van der Waals surface area contributed by atoms with Gasteiger partial charge in [0.15, 0.2) is 0 Å². The fourth-order valence-corrected chi connectivity index (χ4v) is 21.6. The molecular weight excluding hydrogens is 1250 g/mol. The molecule has 0 bridgehead atoms. The SMILES string of the molecule is CCCCCCCCCCCCc1ccc(C2(c3ccc(CCCCCCCCCCCC)cc3)C=c3cc4c(cc3=C2)C2=CC3=CC5=C(C=CC(c6ccc(CCCCCCCCCCCC)cc6)(c6ccc(CCCCCCCCCCCC)cc6)S5)C35C=C([SiH3])SC5=C2C4)cc1. The number of unbranched alkanes of at least 4 members (excludes halogenated alkanes) is 36. The van der Waals surface area contributed by atoms with Gasteiger partial charge in [0, 0.05) is 20.1 Å². The summed E-state index contributed by atoms with van der Waals surface area (Å²) in [5, 5.41) is 2.77. The second-order valence-electron chi connectivity index (χ2n) is 31.6. The van der Waals surface area contributed by atoms with Crippen molar-refractivity contribution < 1.29 is 0 Å². The highest BCUT2D eigenvalue weighted by Crippen LogP contribution is 2.69. The van der Waals surface area contributed by atoms with E-state index in [-0.39, 0.29) is 15.6 Å². The highest BCUT2D eigenvalue weighted by Gasteiger charge is 2.54. The van der Waals surface area contributed by atoms with Crippen molar-refractivity contribution in [1.29, 1.82) is 0 Å². The molecule has 3 heteroatoms. The summed E-state index contributed by atoms with van der Waals surface area (Å²) in [6.45, 7) is 9.28. The van der Waals surface area contributed by atoms with E-state index in [0.717, 1.165) is 16.7 Å². The van der Waals surface area contributed by atoms with Crippen molar-refractivity contribution in [2.24, 2.45) is 5.41 Å². The number of hydrogen-bond donors (Lipinski definition) is 0. The summed E-state index contributed by atoms with van der Waals surface area (Å²) in [5.74, 6) is 0. The van der Waals surface area contributed by atoms with Crippen LogP contribution in [-0.2, 0) is 42.3 Å². The largest absolute Gasteiger partial charge is 0.105 e. The molecule has 4 aliphatic carbocycles. The maximum atomic E-state index is 2.71. The second-order valence-corrected chi connectivity index (χ2v) is 35.9. The third-order valence-electron chi connectivity index (χ3n) is 23.8. The molecule has 0 amide bonds. The van der Waals surface area contributed by atoms with Crippen molar-refractivity contribution in [2.75, 3.05) is 0 Å². The Morgan fingerprint density at radius 1 is 0.374 bits per heavy atom. The smallest absolute Gasteiger partial charge is 0.0888 e. The number of aryl methyl sites for hydroxylation is 4. The van der Waals surface area contributed by atoms with Crippen molar-refractivity contribution in [3.63, 3.8) is 0 Å². The minimum Gasteiger partial charge on any atom is -0.105 e. The summed E-state index contributed by atoms with van der Waals surface area (Å²) in [6, 6.07) is 45.0. The number of benzene rings is 5. The molecule has 530 valence electrons. The fraction of sp³-hybridized carbons (Fsp3) is 0.542. The molecule has 99 heavy (non-hydrogen) atoms. The van der Waals surface area contributed by atoms with E-state index in [1.165, 1.54) is 370 Å². The molecule has 2 aliphatic heterocycles. The Bertz CT molecular complexity index is 3520. The first-order valence-corrected chi connectivity index (χ1v) is 44.4. The average Bonchev–Trinajstić information content (AvgIpc) is 1.52. The van der Waals surface area contributed by atoms with Crippen molar-refractivity contribution in [3.05, 3.63) is 237 Å². The lowest BCUT2D eigenvalue weighted by Gasteiger charge is -2.38. The van der Waals surface area contributed by atoms with Crippen molar-refractivity contribution in [1.82, 2.24) is 0 Å². The second kappa shape index (κ2) is 39.2. The molecule has 1 unspecified atom stereocenters. The first-order chi connectivity index (χ1) is 48.8. The van der Waals surface area contributed by atoms with E-state index in [0.29, 0.717) is 0 Å². The normalized spacial score (nSPS) is 17.4. The number of rotatable bonds is 48.